The van der Waals surface area contributed by atoms with Gasteiger partial charge in [0.1, 0.15) is 0 Å². The fourth-order valence-electron chi connectivity index (χ4n) is 1.91. The third kappa shape index (κ3) is 6.80. The number of rotatable bonds is 6. The summed E-state index contributed by atoms with van der Waals surface area (Å²) in [5, 5.41) is 0. The van der Waals surface area contributed by atoms with Gasteiger partial charge in [-0.05, 0) is 0 Å². The van der Waals surface area contributed by atoms with Gasteiger partial charge in [0.15, 0.2) is 0 Å². The summed E-state index contributed by atoms with van der Waals surface area (Å²) >= 11 is -0.937. The van der Waals surface area contributed by atoms with Gasteiger partial charge in [0.2, 0.25) is 0 Å². The molecule has 1 aromatic rings. The molecule has 0 bridgehead atoms. The van der Waals surface area contributed by atoms with Crippen molar-refractivity contribution in [3.05, 3.63) is 39.0 Å². The quantitative estimate of drug-likeness (QED) is 0.371. The Morgan fingerprint density at radius 3 is 2.28 bits per heavy atom. The fourth-order valence-corrected chi connectivity index (χ4v) is 4.19. The van der Waals surface area contributed by atoms with Gasteiger partial charge < -0.3 is 0 Å². The van der Waals surface area contributed by atoms with Crippen LogP contribution in [0.2, 0.25) is 0 Å². The van der Waals surface area contributed by atoms with Crippen LogP contribution in [0.25, 0.3) is 6.08 Å². The minimum absolute atomic E-state index is 0.158. The van der Waals surface area contributed by atoms with Crippen molar-refractivity contribution >= 4 is 16.0 Å². The van der Waals surface area contributed by atoms with E-state index in [2.05, 4.69) is 0 Å². The zero-order valence-electron chi connectivity index (χ0n) is 16.1. The Balaban J connectivity index is 3.07. The molecule has 25 heavy (non-hydrogen) atoms. The van der Waals surface area contributed by atoms with E-state index in [0.29, 0.717) is 6.61 Å². The van der Waals surface area contributed by atoms with Gasteiger partial charge in [0.05, 0.1) is 0 Å². The molecule has 0 saturated heterocycles. The summed E-state index contributed by atoms with van der Waals surface area (Å²) in [4.78, 5) is 24.4. The monoisotopic (exact) mass is 459 g/mol. The second-order valence-electron chi connectivity index (χ2n) is 7.24. The molecule has 1 rings (SSSR count). The van der Waals surface area contributed by atoms with Crippen LogP contribution in [0, 0.1) is 8.99 Å². The summed E-state index contributed by atoms with van der Waals surface area (Å²) in [5.74, 6) is -0.247. The SMILES string of the molecule is CCOC(=O)C(C)(C)/C(C)=C/c1ccccc1[I-]C(=O)OC(C)(C)C. The predicted molar refractivity (Wildman–Crippen MR) is 95.4 cm³/mol. The third-order valence-corrected chi connectivity index (χ3v) is 5.84. The van der Waals surface area contributed by atoms with Crippen LogP contribution in [0.1, 0.15) is 54.0 Å². The van der Waals surface area contributed by atoms with Crippen molar-refractivity contribution in [1.82, 2.24) is 0 Å². The van der Waals surface area contributed by atoms with Gasteiger partial charge in [-0.3, -0.25) is 0 Å². The van der Waals surface area contributed by atoms with Crippen LogP contribution in [0.4, 0.5) is 4.79 Å². The fraction of sp³-hybridized carbons (Fsp3) is 0.500. The van der Waals surface area contributed by atoms with E-state index in [0.717, 1.165) is 14.7 Å². The second kappa shape index (κ2) is 8.83. The van der Waals surface area contributed by atoms with Gasteiger partial charge in [0, 0.05) is 0 Å². The predicted octanol–water partition coefficient (Wildman–Crippen LogP) is 1.87. The number of ether oxygens (including phenoxy) is 2. The van der Waals surface area contributed by atoms with Gasteiger partial charge in [-0.2, -0.15) is 0 Å². The molecular formula is C20H28IO4-. The summed E-state index contributed by atoms with van der Waals surface area (Å²) < 4.78 is 11.4. The van der Waals surface area contributed by atoms with E-state index < -0.39 is 32.2 Å². The van der Waals surface area contributed by atoms with Crippen molar-refractivity contribution in [2.45, 2.75) is 54.1 Å². The summed E-state index contributed by atoms with van der Waals surface area (Å²) in [6, 6.07) is 7.76. The Morgan fingerprint density at radius 1 is 1.12 bits per heavy atom. The molecule has 0 aliphatic carbocycles. The first-order valence-corrected chi connectivity index (χ1v) is 10.5. The molecule has 0 heterocycles. The molecule has 0 unspecified atom stereocenters. The van der Waals surface area contributed by atoms with Gasteiger partial charge in [0.25, 0.3) is 0 Å². The third-order valence-electron chi connectivity index (χ3n) is 3.61. The van der Waals surface area contributed by atoms with Gasteiger partial charge in [-0.15, -0.1) is 0 Å². The molecule has 4 nitrogen and oxygen atoms in total. The maximum atomic E-state index is 12.2. The number of carbonyl (C=O) groups excluding carboxylic acids is 2. The number of benzene rings is 1. The Labute approximate surface area is 161 Å². The molecule has 0 aromatic heterocycles. The standard InChI is InChI=1S/C20H28IO4/c1-8-24-17(22)20(6,7)14(2)13-15-11-9-10-12-16(15)21-18(23)25-19(3,4)5/h9-13H,8H2,1-7H3/q-1/b14-13+. The van der Waals surface area contributed by atoms with Crippen LogP contribution in [-0.4, -0.2) is 22.2 Å². The molecular weight excluding hydrogens is 431 g/mol. The summed E-state index contributed by atoms with van der Waals surface area (Å²) in [6.45, 7) is 13.4. The van der Waals surface area contributed by atoms with E-state index in [-0.39, 0.29) is 9.95 Å². The number of hydrogen-bond acceptors (Lipinski definition) is 4. The molecule has 0 atom stereocenters. The van der Waals surface area contributed by atoms with Crippen molar-refractivity contribution in [2.24, 2.45) is 5.41 Å². The first-order chi connectivity index (χ1) is 11.5. The molecule has 0 radical (unpaired) electrons. The number of esters is 1. The molecule has 0 aliphatic rings. The second-order valence-corrected chi connectivity index (χ2v) is 9.82. The van der Waals surface area contributed by atoms with Crippen molar-refractivity contribution in [3.8, 4) is 0 Å². The van der Waals surface area contributed by atoms with Crippen LogP contribution in [-0.2, 0) is 14.3 Å². The molecule has 1 aromatic carbocycles. The van der Waals surface area contributed by atoms with Crippen molar-refractivity contribution in [3.63, 3.8) is 0 Å². The zero-order chi connectivity index (χ0) is 19.3. The van der Waals surface area contributed by atoms with Crippen molar-refractivity contribution < 1.29 is 40.3 Å². The van der Waals surface area contributed by atoms with E-state index in [9.17, 15) is 9.59 Å². The summed E-state index contributed by atoms with van der Waals surface area (Å²) in [7, 11) is 0. The zero-order valence-corrected chi connectivity index (χ0v) is 18.3. The average Bonchev–Trinajstić information content (AvgIpc) is 2.47. The molecule has 140 valence electrons. The van der Waals surface area contributed by atoms with Gasteiger partial charge in [-0.1, -0.05) is 0 Å². The number of halogens is 1. The number of hydrogen-bond donors (Lipinski definition) is 0. The van der Waals surface area contributed by atoms with Gasteiger partial charge >= 0.3 is 161 Å². The Bertz CT molecular complexity index is 654. The van der Waals surface area contributed by atoms with Gasteiger partial charge in [-0.25, -0.2) is 0 Å². The molecule has 0 aliphatic heterocycles. The van der Waals surface area contributed by atoms with E-state index in [1.807, 2.05) is 71.9 Å². The minimum atomic E-state index is -0.937. The first kappa shape index (κ1) is 21.7. The van der Waals surface area contributed by atoms with Crippen LogP contribution >= 0.6 is 0 Å². The number of carbonyl (C=O) groups is 2. The molecule has 0 fully saturated rings. The Morgan fingerprint density at radius 2 is 1.72 bits per heavy atom. The van der Waals surface area contributed by atoms with Crippen molar-refractivity contribution in [2.75, 3.05) is 6.61 Å². The van der Waals surface area contributed by atoms with Crippen molar-refractivity contribution in [1.29, 1.82) is 0 Å². The van der Waals surface area contributed by atoms with E-state index in [1.54, 1.807) is 6.92 Å². The Kier molecular flexibility index (Phi) is 7.65. The summed E-state index contributed by atoms with van der Waals surface area (Å²) in [6.07, 6.45) is 1.97. The average molecular weight is 459 g/mol. The van der Waals surface area contributed by atoms with Crippen LogP contribution in [0.15, 0.2) is 29.8 Å². The van der Waals surface area contributed by atoms with E-state index in [4.69, 9.17) is 9.47 Å². The summed E-state index contributed by atoms with van der Waals surface area (Å²) in [5.41, 5.74) is 0.652. The van der Waals surface area contributed by atoms with Crippen LogP contribution in [0.5, 0.6) is 0 Å². The van der Waals surface area contributed by atoms with Crippen LogP contribution < -0.4 is 21.2 Å². The van der Waals surface area contributed by atoms with E-state index in [1.165, 1.54) is 0 Å². The van der Waals surface area contributed by atoms with Crippen LogP contribution in [0.3, 0.4) is 0 Å². The Hall–Kier alpha value is -1.37. The normalized spacial score (nSPS) is 12.8. The molecule has 0 saturated carbocycles. The maximum absolute atomic E-state index is 12.2. The molecule has 5 heteroatoms. The molecule has 0 N–H and O–H groups in total. The van der Waals surface area contributed by atoms with E-state index >= 15 is 0 Å². The molecule has 0 amide bonds. The first-order valence-electron chi connectivity index (χ1n) is 8.30. The topological polar surface area (TPSA) is 52.6 Å². The molecule has 0 spiro atoms.